The van der Waals surface area contributed by atoms with Crippen LogP contribution in [0.2, 0.25) is 0 Å². The molecule has 7 heteroatoms. The molecule has 0 fully saturated rings. The van der Waals surface area contributed by atoms with Crippen molar-refractivity contribution in [3.8, 4) is 11.1 Å². The second kappa shape index (κ2) is 18.4. The lowest BCUT2D eigenvalue weighted by molar-refractivity contribution is 0.244. The van der Waals surface area contributed by atoms with Crippen LogP contribution in [-0.4, -0.2) is 71.8 Å². The molecule has 0 unspecified atom stereocenters. The van der Waals surface area contributed by atoms with Crippen molar-refractivity contribution in [1.82, 2.24) is 24.6 Å². The number of benzene rings is 5. The number of rotatable bonds is 15. The maximum Gasteiger partial charge on any atom is 0.195 e. The van der Waals surface area contributed by atoms with Crippen molar-refractivity contribution in [2.24, 2.45) is 4.99 Å². The lowest BCUT2D eigenvalue weighted by atomic mass is 10.0. The third-order valence-corrected chi connectivity index (χ3v) is 9.44. The van der Waals surface area contributed by atoms with Crippen LogP contribution < -0.4 is 0 Å². The zero-order chi connectivity index (χ0) is 37.0. The highest BCUT2D eigenvalue weighted by atomic mass is 19.1. The first kappa shape index (κ1) is 37.4. The summed E-state index contributed by atoms with van der Waals surface area (Å²) in [7, 11) is 8.17. The molecule has 0 N–H and O–H groups in total. The van der Waals surface area contributed by atoms with Gasteiger partial charge in [-0.3, -0.25) is 19.8 Å². The van der Waals surface area contributed by atoms with Crippen LogP contribution in [0.25, 0.3) is 21.9 Å². The molecule has 5 aromatic carbocycles. The van der Waals surface area contributed by atoms with Crippen molar-refractivity contribution >= 4 is 16.7 Å². The minimum atomic E-state index is -0.216. The Hall–Kier alpha value is -5.37. The van der Waals surface area contributed by atoms with E-state index in [0.717, 1.165) is 56.4 Å². The summed E-state index contributed by atoms with van der Waals surface area (Å²) in [5.41, 5.74) is 8.35. The van der Waals surface area contributed by atoms with Crippen molar-refractivity contribution in [2.45, 2.75) is 39.1 Å². The largest absolute Gasteiger partial charge is 0.349 e. The van der Waals surface area contributed by atoms with Gasteiger partial charge in [-0.1, -0.05) is 109 Å². The van der Waals surface area contributed by atoms with Crippen LogP contribution in [0.3, 0.4) is 0 Å². The van der Waals surface area contributed by atoms with E-state index in [0.29, 0.717) is 13.1 Å². The third kappa shape index (κ3) is 10.8. The van der Waals surface area contributed by atoms with E-state index in [9.17, 15) is 4.39 Å². The molecule has 53 heavy (non-hydrogen) atoms. The predicted octanol–water partition coefficient (Wildman–Crippen LogP) is 9.11. The smallest absolute Gasteiger partial charge is 0.195 e. The van der Waals surface area contributed by atoms with Crippen LogP contribution in [0.1, 0.15) is 34.4 Å². The molecule has 272 valence electrons. The zero-order valence-electron chi connectivity index (χ0n) is 31.5. The van der Waals surface area contributed by atoms with Gasteiger partial charge in [0.2, 0.25) is 0 Å². The van der Waals surface area contributed by atoms with Gasteiger partial charge in [-0.15, -0.1) is 0 Å². The molecule has 0 aliphatic rings. The van der Waals surface area contributed by atoms with Crippen molar-refractivity contribution in [2.75, 3.05) is 41.3 Å². The summed E-state index contributed by atoms with van der Waals surface area (Å²) in [5, 5.41) is 2.59. The molecule has 6 rings (SSSR count). The Kier molecular flexibility index (Phi) is 13.0. The molecule has 0 aliphatic carbocycles. The minimum absolute atomic E-state index is 0.216. The number of hydrogen-bond donors (Lipinski definition) is 0. The SMILES string of the molecule is CN(C)C(=NCCCN(Cc1ccc(-c2ccc(CN(Cc3ccc(F)cc3)Cc3ccccn3)cc2)cc1)Cc1cccc2ccccc12)N(C)C. The van der Waals surface area contributed by atoms with Crippen molar-refractivity contribution in [3.63, 3.8) is 0 Å². The lowest BCUT2D eigenvalue weighted by Gasteiger charge is -2.25. The van der Waals surface area contributed by atoms with Gasteiger partial charge in [0.15, 0.2) is 5.96 Å². The fraction of sp³-hybridized carbons (Fsp3) is 0.261. The molecule has 6 aromatic rings. The van der Waals surface area contributed by atoms with Gasteiger partial charge in [0.25, 0.3) is 0 Å². The van der Waals surface area contributed by atoms with Crippen LogP contribution in [0, 0.1) is 5.82 Å². The van der Waals surface area contributed by atoms with Crippen LogP contribution >= 0.6 is 0 Å². The van der Waals surface area contributed by atoms with Gasteiger partial charge < -0.3 is 9.80 Å². The Morgan fingerprint density at radius 1 is 0.566 bits per heavy atom. The van der Waals surface area contributed by atoms with Gasteiger partial charge in [-0.25, -0.2) is 4.39 Å². The zero-order valence-corrected chi connectivity index (χ0v) is 31.5. The van der Waals surface area contributed by atoms with Gasteiger partial charge in [-0.2, -0.15) is 0 Å². The molecule has 6 nitrogen and oxygen atoms in total. The molecule has 1 aromatic heterocycles. The Bertz CT molecular complexity index is 2030. The second-order valence-corrected chi connectivity index (χ2v) is 14.2. The normalized spacial score (nSPS) is 11.3. The van der Waals surface area contributed by atoms with E-state index in [1.165, 1.54) is 50.7 Å². The van der Waals surface area contributed by atoms with Crippen molar-refractivity contribution in [3.05, 3.63) is 173 Å². The molecule has 0 atom stereocenters. The molecule has 0 radical (unpaired) electrons. The van der Waals surface area contributed by atoms with Gasteiger partial charge in [0, 0.05) is 80.2 Å². The summed E-state index contributed by atoms with van der Waals surface area (Å²) in [5.74, 6) is 0.771. The highest BCUT2D eigenvalue weighted by molar-refractivity contribution is 5.85. The number of halogens is 1. The number of fused-ring (bicyclic) bond motifs is 1. The van der Waals surface area contributed by atoms with Gasteiger partial charge in [-0.05, 0) is 74.8 Å². The van der Waals surface area contributed by atoms with Crippen LogP contribution in [-0.2, 0) is 32.7 Å². The van der Waals surface area contributed by atoms with E-state index in [4.69, 9.17) is 4.99 Å². The fourth-order valence-corrected chi connectivity index (χ4v) is 6.90. The molecule has 0 saturated carbocycles. The van der Waals surface area contributed by atoms with Gasteiger partial charge >= 0.3 is 0 Å². The lowest BCUT2D eigenvalue weighted by Crippen LogP contribution is -2.35. The summed E-state index contributed by atoms with van der Waals surface area (Å²) in [6, 6.07) is 46.0. The Balaban J connectivity index is 1.13. The Morgan fingerprint density at radius 3 is 1.74 bits per heavy atom. The maximum absolute atomic E-state index is 13.6. The van der Waals surface area contributed by atoms with Crippen LogP contribution in [0.5, 0.6) is 0 Å². The van der Waals surface area contributed by atoms with E-state index >= 15 is 0 Å². The van der Waals surface area contributed by atoms with Crippen LogP contribution in [0.15, 0.2) is 145 Å². The molecule has 0 bridgehead atoms. The first-order valence-corrected chi connectivity index (χ1v) is 18.4. The molecular weight excluding hydrogens is 656 g/mol. The number of pyridine rings is 1. The predicted molar refractivity (Wildman–Crippen MR) is 218 cm³/mol. The minimum Gasteiger partial charge on any atom is -0.349 e. The van der Waals surface area contributed by atoms with Gasteiger partial charge in [0.05, 0.1) is 5.69 Å². The molecule has 0 saturated heterocycles. The number of hydrogen-bond acceptors (Lipinski definition) is 4. The summed E-state index contributed by atoms with van der Waals surface area (Å²) >= 11 is 0. The quantitative estimate of drug-likeness (QED) is 0.0605. The maximum atomic E-state index is 13.6. The average molecular weight is 707 g/mol. The number of aliphatic imine (C=N–C) groups is 1. The molecular formula is C46H51FN6. The highest BCUT2D eigenvalue weighted by Crippen LogP contribution is 2.24. The van der Waals surface area contributed by atoms with E-state index in [2.05, 4.69) is 122 Å². The van der Waals surface area contributed by atoms with Gasteiger partial charge in [0.1, 0.15) is 5.82 Å². The fourth-order valence-electron chi connectivity index (χ4n) is 6.90. The topological polar surface area (TPSA) is 38.2 Å². The number of aromatic nitrogens is 1. The highest BCUT2D eigenvalue weighted by Gasteiger charge is 2.13. The monoisotopic (exact) mass is 706 g/mol. The first-order valence-electron chi connectivity index (χ1n) is 18.4. The van der Waals surface area contributed by atoms with E-state index in [1.54, 1.807) is 0 Å². The number of nitrogens with zero attached hydrogens (tertiary/aromatic N) is 6. The average Bonchev–Trinajstić information content (AvgIpc) is 3.16. The number of guanidine groups is 1. The van der Waals surface area contributed by atoms with Crippen molar-refractivity contribution < 1.29 is 4.39 Å². The summed E-state index contributed by atoms with van der Waals surface area (Å²) in [4.78, 5) is 18.5. The summed E-state index contributed by atoms with van der Waals surface area (Å²) in [6.45, 7) is 5.64. The molecule has 1 heterocycles. The van der Waals surface area contributed by atoms with E-state index < -0.39 is 0 Å². The Labute approximate surface area is 314 Å². The third-order valence-electron chi connectivity index (χ3n) is 9.44. The Morgan fingerprint density at radius 2 is 1.13 bits per heavy atom. The molecule has 0 amide bonds. The molecule has 0 aliphatic heterocycles. The first-order chi connectivity index (χ1) is 25.8. The second-order valence-electron chi connectivity index (χ2n) is 14.2. The van der Waals surface area contributed by atoms with E-state index in [1.807, 2.05) is 58.7 Å². The summed E-state index contributed by atoms with van der Waals surface area (Å²) < 4.78 is 13.6. The van der Waals surface area contributed by atoms with Crippen molar-refractivity contribution in [1.29, 1.82) is 0 Å². The van der Waals surface area contributed by atoms with Crippen LogP contribution in [0.4, 0.5) is 4.39 Å². The molecule has 0 spiro atoms. The standard InChI is InChI=1S/C46H51FN6/c1-50(2)46(51(3)4)49-29-10-30-52(34-42-13-9-12-41-11-5-6-15-45(41)42)31-36-16-22-39(23-17-36)40-24-18-37(19-25-40)32-53(35-44-14-7-8-28-48-44)33-38-20-26-43(47)27-21-38/h5-9,11-28H,10,29-35H2,1-4H3. The summed E-state index contributed by atoms with van der Waals surface area (Å²) in [6.07, 6.45) is 2.81. The van der Waals surface area contributed by atoms with E-state index in [-0.39, 0.29) is 5.82 Å².